The van der Waals surface area contributed by atoms with Gasteiger partial charge in [0.2, 0.25) is 0 Å². The third kappa shape index (κ3) is 4.57. The Kier molecular flexibility index (Phi) is 6.13. The Hall–Kier alpha value is -4.27. The van der Waals surface area contributed by atoms with E-state index in [-0.39, 0.29) is 36.2 Å². The van der Waals surface area contributed by atoms with Gasteiger partial charge in [-0.05, 0) is 61.4 Å². The summed E-state index contributed by atoms with van der Waals surface area (Å²) in [6.07, 6.45) is 2.66. The summed E-state index contributed by atoms with van der Waals surface area (Å²) in [5.41, 5.74) is 0.532. The maximum atomic E-state index is 13.5. The summed E-state index contributed by atoms with van der Waals surface area (Å²) in [6, 6.07) is 15.5. The van der Waals surface area contributed by atoms with E-state index in [4.69, 9.17) is 9.15 Å². The summed E-state index contributed by atoms with van der Waals surface area (Å²) < 4.78 is 25.6. The van der Waals surface area contributed by atoms with E-state index in [1.165, 1.54) is 35.1 Å². The smallest absolute Gasteiger partial charge is 0.311 e. The number of halogens is 1. The summed E-state index contributed by atoms with van der Waals surface area (Å²) in [7, 11) is 0. The predicted molar refractivity (Wildman–Crippen MR) is 124 cm³/mol. The van der Waals surface area contributed by atoms with Crippen molar-refractivity contribution in [2.75, 3.05) is 13.1 Å². The lowest BCUT2D eigenvalue weighted by Crippen LogP contribution is -2.42. The Balaban J connectivity index is 1.38. The molecule has 1 atom stereocenters. The highest BCUT2D eigenvalue weighted by Crippen LogP contribution is 2.21. The van der Waals surface area contributed by atoms with Crippen molar-refractivity contribution in [2.24, 2.45) is 5.92 Å². The lowest BCUT2D eigenvalue weighted by molar-refractivity contribution is -0.151. The second-order valence-electron chi connectivity index (χ2n) is 8.34. The zero-order chi connectivity index (χ0) is 24.4. The van der Waals surface area contributed by atoms with Crippen LogP contribution in [0.2, 0.25) is 0 Å². The van der Waals surface area contributed by atoms with Crippen molar-refractivity contribution < 1.29 is 23.1 Å². The first kappa shape index (κ1) is 22.5. The minimum absolute atomic E-state index is 0.216. The topological polar surface area (TPSA) is 94.6 Å². The molecule has 3 heterocycles. The third-order valence-electron chi connectivity index (χ3n) is 6.05. The standard InChI is InChI=1S/C26H22FN3O5/c27-18-9-11-19(12-10-18)30-23(28-21-7-2-1-6-20(21)24(30)31)16-35-26(33)17-5-3-13-29(15-17)25(32)22-8-4-14-34-22/h1-2,4,6-12,14,17H,3,5,13,15-16H2/t17-/m1/s1. The van der Waals surface area contributed by atoms with Crippen molar-refractivity contribution >= 4 is 22.8 Å². The zero-order valence-electron chi connectivity index (χ0n) is 18.7. The molecule has 1 fully saturated rings. The van der Waals surface area contributed by atoms with Gasteiger partial charge in [-0.2, -0.15) is 0 Å². The Bertz CT molecular complexity index is 1430. The van der Waals surface area contributed by atoms with E-state index in [9.17, 15) is 18.8 Å². The number of likely N-dealkylation sites (tertiary alicyclic amines) is 1. The Morgan fingerprint density at radius 3 is 2.66 bits per heavy atom. The van der Waals surface area contributed by atoms with E-state index in [2.05, 4.69) is 4.98 Å². The maximum absolute atomic E-state index is 13.5. The minimum atomic E-state index is -0.505. The van der Waals surface area contributed by atoms with E-state index in [1.807, 2.05) is 0 Å². The third-order valence-corrected chi connectivity index (χ3v) is 6.05. The number of carbonyl (C=O) groups is 2. The van der Waals surface area contributed by atoms with Crippen LogP contribution in [0.25, 0.3) is 16.6 Å². The van der Waals surface area contributed by atoms with Gasteiger partial charge in [-0.3, -0.25) is 19.0 Å². The molecule has 4 aromatic rings. The first-order valence-corrected chi connectivity index (χ1v) is 11.3. The molecular weight excluding hydrogens is 453 g/mol. The Morgan fingerprint density at radius 2 is 1.89 bits per heavy atom. The molecule has 2 aromatic carbocycles. The number of aromatic nitrogens is 2. The molecule has 1 aliphatic heterocycles. The van der Waals surface area contributed by atoms with Crippen molar-refractivity contribution in [3.8, 4) is 5.69 Å². The van der Waals surface area contributed by atoms with Crippen LogP contribution in [-0.2, 0) is 16.1 Å². The molecule has 1 aliphatic rings. The van der Waals surface area contributed by atoms with Gasteiger partial charge >= 0.3 is 5.97 Å². The molecule has 0 unspecified atom stereocenters. The number of ether oxygens (including phenoxy) is 1. The number of fused-ring (bicyclic) bond motifs is 1. The molecule has 8 nitrogen and oxygen atoms in total. The average molecular weight is 475 g/mol. The fourth-order valence-electron chi connectivity index (χ4n) is 4.30. The van der Waals surface area contributed by atoms with Gasteiger partial charge in [-0.1, -0.05) is 12.1 Å². The molecule has 0 bridgehead atoms. The molecular formula is C26H22FN3O5. The second-order valence-corrected chi connectivity index (χ2v) is 8.34. The predicted octanol–water partition coefficient (Wildman–Crippen LogP) is 3.71. The van der Waals surface area contributed by atoms with Crippen molar-refractivity contribution in [1.29, 1.82) is 0 Å². The lowest BCUT2D eigenvalue weighted by Gasteiger charge is -2.31. The Morgan fingerprint density at radius 1 is 1.09 bits per heavy atom. The van der Waals surface area contributed by atoms with Crippen molar-refractivity contribution in [2.45, 2.75) is 19.4 Å². The summed E-state index contributed by atoms with van der Waals surface area (Å²) in [4.78, 5) is 44.9. The van der Waals surface area contributed by atoms with Gasteiger partial charge in [0.15, 0.2) is 11.6 Å². The van der Waals surface area contributed by atoms with Crippen LogP contribution in [0, 0.1) is 11.7 Å². The van der Waals surface area contributed by atoms with Gasteiger partial charge in [0.25, 0.3) is 11.5 Å². The number of rotatable bonds is 5. The largest absolute Gasteiger partial charge is 0.459 e. The summed E-state index contributed by atoms with van der Waals surface area (Å²) in [5, 5.41) is 0.395. The first-order chi connectivity index (χ1) is 17.0. The Labute approximate surface area is 199 Å². The molecule has 35 heavy (non-hydrogen) atoms. The van der Waals surface area contributed by atoms with Crippen LogP contribution in [0.3, 0.4) is 0 Å². The van der Waals surface area contributed by atoms with Gasteiger partial charge in [-0.25, -0.2) is 9.37 Å². The number of amides is 1. The van der Waals surface area contributed by atoms with Crippen molar-refractivity contribution in [1.82, 2.24) is 14.5 Å². The molecule has 9 heteroatoms. The van der Waals surface area contributed by atoms with Crippen LogP contribution >= 0.6 is 0 Å². The number of hydrogen-bond donors (Lipinski definition) is 0. The quantitative estimate of drug-likeness (QED) is 0.409. The van der Waals surface area contributed by atoms with E-state index in [1.54, 1.807) is 41.3 Å². The summed E-state index contributed by atoms with van der Waals surface area (Å²) >= 11 is 0. The van der Waals surface area contributed by atoms with E-state index in [0.717, 1.165) is 0 Å². The molecule has 0 radical (unpaired) electrons. The maximum Gasteiger partial charge on any atom is 0.311 e. The second kappa shape index (κ2) is 9.54. The summed E-state index contributed by atoms with van der Waals surface area (Å²) in [6.45, 7) is 0.493. The van der Waals surface area contributed by atoms with E-state index in [0.29, 0.717) is 36.0 Å². The van der Waals surface area contributed by atoms with Crippen LogP contribution in [0.1, 0.15) is 29.2 Å². The fourth-order valence-corrected chi connectivity index (χ4v) is 4.30. The number of benzene rings is 2. The highest BCUT2D eigenvalue weighted by molar-refractivity contribution is 5.92. The van der Waals surface area contributed by atoms with Crippen molar-refractivity contribution in [3.63, 3.8) is 0 Å². The SMILES string of the molecule is O=C(OCc1nc2ccccc2c(=O)n1-c1ccc(F)cc1)[C@@H]1CCCN(C(=O)c2ccco2)C1. The lowest BCUT2D eigenvalue weighted by atomic mass is 9.98. The molecule has 0 aliphatic carbocycles. The number of carbonyl (C=O) groups excluding carboxylic acids is 2. The monoisotopic (exact) mass is 475 g/mol. The van der Waals surface area contributed by atoms with Crippen LogP contribution in [0.4, 0.5) is 4.39 Å². The number of esters is 1. The number of para-hydroxylation sites is 1. The van der Waals surface area contributed by atoms with Gasteiger partial charge in [0, 0.05) is 13.1 Å². The molecule has 1 saturated heterocycles. The van der Waals surface area contributed by atoms with Gasteiger partial charge in [-0.15, -0.1) is 0 Å². The molecule has 1 amide bonds. The van der Waals surface area contributed by atoms with Crippen LogP contribution in [-0.4, -0.2) is 39.4 Å². The molecule has 178 valence electrons. The highest BCUT2D eigenvalue weighted by atomic mass is 19.1. The molecule has 0 spiro atoms. The molecule has 5 rings (SSSR count). The average Bonchev–Trinajstić information content (AvgIpc) is 3.43. The van der Waals surface area contributed by atoms with E-state index >= 15 is 0 Å². The number of piperidine rings is 1. The fraction of sp³-hybridized carbons (Fsp3) is 0.231. The van der Waals surface area contributed by atoms with E-state index < -0.39 is 17.7 Å². The molecule has 0 saturated carbocycles. The normalized spacial score (nSPS) is 15.8. The number of furan rings is 1. The molecule has 2 aromatic heterocycles. The highest BCUT2D eigenvalue weighted by Gasteiger charge is 2.31. The molecule has 0 N–H and O–H groups in total. The summed E-state index contributed by atoms with van der Waals surface area (Å²) in [5.74, 6) is -1.25. The van der Waals surface area contributed by atoms with Crippen LogP contribution < -0.4 is 5.56 Å². The number of nitrogens with zero attached hydrogens (tertiary/aromatic N) is 3. The van der Waals surface area contributed by atoms with Crippen LogP contribution in [0.5, 0.6) is 0 Å². The first-order valence-electron chi connectivity index (χ1n) is 11.3. The van der Waals surface area contributed by atoms with Crippen LogP contribution in [0.15, 0.2) is 76.1 Å². The zero-order valence-corrected chi connectivity index (χ0v) is 18.7. The van der Waals surface area contributed by atoms with Gasteiger partial charge in [0.1, 0.15) is 12.4 Å². The minimum Gasteiger partial charge on any atom is -0.459 e. The van der Waals surface area contributed by atoms with Gasteiger partial charge in [0.05, 0.1) is 28.8 Å². The number of hydrogen-bond acceptors (Lipinski definition) is 6. The van der Waals surface area contributed by atoms with Crippen molar-refractivity contribution in [3.05, 3.63) is 94.7 Å². The van der Waals surface area contributed by atoms with Gasteiger partial charge < -0.3 is 14.1 Å².